The minimum atomic E-state index is -3.55. The molecule has 2 rings (SSSR count). The first-order valence-corrected chi connectivity index (χ1v) is 6.76. The monoisotopic (exact) mass is 267 g/mol. The highest BCUT2D eigenvalue weighted by atomic mass is 32.2. The normalized spacial score (nSPS) is 11.7. The van der Waals surface area contributed by atoms with Crippen molar-refractivity contribution < 1.29 is 8.42 Å². The van der Waals surface area contributed by atoms with E-state index in [-0.39, 0.29) is 11.4 Å². The Hall–Kier alpha value is -1.80. The molecule has 0 unspecified atom stereocenters. The molecule has 0 bridgehead atoms. The molecule has 18 heavy (non-hydrogen) atoms. The molecule has 2 aromatic rings. The van der Waals surface area contributed by atoms with Gasteiger partial charge in [0.25, 0.3) is 0 Å². The zero-order valence-electron chi connectivity index (χ0n) is 10.0. The van der Waals surface area contributed by atoms with Gasteiger partial charge in [0.05, 0.1) is 11.4 Å². The summed E-state index contributed by atoms with van der Waals surface area (Å²) in [6.45, 7) is 3.71. The second-order valence-corrected chi connectivity index (χ2v) is 5.74. The van der Waals surface area contributed by atoms with Crippen molar-refractivity contribution in [1.29, 1.82) is 0 Å². The summed E-state index contributed by atoms with van der Waals surface area (Å²) in [4.78, 5) is 0.239. The summed E-state index contributed by atoms with van der Waals surface area (Å²) in [5.41, 5.74) is 1.80. The van der Waals surface area contributed by atoms with Gasteiger partial charge in [-0.1, -0.05) is 11.3 Å². The first-order valence-electron chi connectivity index (χ1n) is 5.28. The van der Waals surface area contributed by atoms with Crippen LogP contribution < -0.4 is 4.72 Å². The van der Waals surface area contributed by atoms with Crippen molar-refractivity contribution in [2.75, 3.05) is 0 Å². The minimum absolute atomic E-state index is 0.00578. The zero-order chi connectivity index (χ0) is 13.2. The molecule has 8 heteroatoms. The van der Waals surface area contributed by atoms with Gasteiger partial charge in [-0.3, -0.25) is 0 Å². The van der Waals surface area contributed by atoms with E-state index in [0.717, 1.165) is 11.1 Å². The highest BCUT2D eigenvalue weighted by Gasteiger charge is 2.15. The van der Waals surface area contributed by atoms with Crippen LogP contribution in [-0.2, 0) is 16.6 Å². The van der Waals surface area contributed by atoms with Crippen molar-refractivity contribution >= 4 is 10.0 Å². The number of nitrogens with zero attached hydrogens (tertiary/aromatic N) is 3. The van der Waals surface area contributed by atoms with Crippen LogP contribution in [0, 0.1) is 13.8 Å². The third-order valence-electron chi connectivity index (χ3n) is 2.32. The first kappa shape index (κ1) is 12.7. The van der Waals surface area contributed by atoms with Crippen LogP contribution in [0.5, 0.6) is 0 Å². The maximum absolute atomic E-state index is 12.0. The zero-order valence-corrected chi connectivity index (χ0v) is 10.8. The number of H-pyrrole nitrogens is 1. The van der Waals surface area contributed by atoms with E-state index in [2.05, 4.69) is 25.3 Å². The Morgan fingerprint density at radius 3 is 2.44 bits per heavy atom. The predicted octanol–water partition coefficient (Wildman–Crippen LogP) is 0.295. The van der Waals surface area contributed by atoms with Crippen LogP contribution in [0.25, 0.3) is 0 Å². The lowest BCUT2D eigenvalue weighted by atomic mass is 10.2. The predicted molar refractivity (Wildman–Crippen MR) is 64.1 cm³/mol. The molecule has 0 saturated heterocycles. The van der Waals surface area contributed by atoms with Gasteiger partial charge in [0.2, 0.25) is 10.0 Å². The van der Waals surface area contributed by atoms with E-state index in [1.54, 1.807) is 12.1 Å². The van der Waals surface area contributed by atoms with Crippen LogP contribution in [0.3, 0.4) is 0 Å². The average Bonchev–Trinajstić information content (AvgIpc) is 2.78. The molecule has 1 aromatic carbocycles. The van der Waals surface area contributed by atoms with E-state index in [0.29, 0.717) is 5.82 Å². The van der Waals surface area contributed by atoms with Crippen molar-refractivity contribution in [3.63, 3.8) is 0 Å². The van der Waals surface area contributed by atoms with Gasteiger partial charge in [0.15, 0.2) is 5.82 Å². The Morgan fingerprint density at radius 2 is 1.89 bits per heavy atom. The molecule has 96 valence electrons. The third-order valence-corrected chi connectivity index (χ3v) is 3.70. The highest BCUT2D eigenvalue weighted by molar-refractivity contribution is 7.89. The van der Waals surface area contributed by atoms with Crippen LogP contribution in [-0.4, -0.2) is 29.0 Å². The Labute approximate surface area is 105 Å². The Balaban J connectivity index is 2.20. The van der Waals surface area contributed by atoms with Gasteiger partial charge in [0, 0.05) is 0 Å². The fraction of sp³-hybridized carbons (Fsp3) is 0.300. The molecule has 1 aromatic heterocycles. The summed E-state index contributed by atoms with van der Waals surface area (Å²) >= 11 is 0. The van der Waals surface area contributed by atoms with Crippen LogP contribution in [0.1, 0.15) is 17.0 Å². The molecule has 0 amide bonds. The standard InChI is InChI=1S/C10H13N5O2S/c1-7-3-8(2)5-9(4-7)18(16,17)11-6-10-12-14-15-13-10/h3-5,11H,6H2,1-2H3,(H,12,13,14,15). The van der Waals surface area contributed by atoms with Crippen molar-refractivity contribution in [3.05, 3.63) is 35.2 Å². The second kappa shape index (κ2) is 4.83. The Morgan fingerprint density at radius 1 is 1.22 bits per heavy atom. The molecule has 0 fully saturated rings. The summed E-state index contributed by atoms with van der Waals surface area (Å²) < 4.78 is 26.5. The fourth-order valence-corrected chi connectivity index (χ4v) is 2.76. The number of nitrogens with one attached hydrogen (secondary N) is 2. The molecule has 0 aliphatic heterocycles. The van der Waals surface area contributed by atoms with Gasteiger partial charge < -0.3 is 0 Å². The maximum atomic E-state index is 12.0. The lowest BCUT2D eigenvalue weighted by Gasteiger charge is -2.07. The van der Waals surface area contributed by atoms with E-state index in [1.165, 1.54) is 0 Å². The first-order chi connectivity index (χ1) is 8.47. The number of aromatic amines is 1. The molecule has 0 aliphatic carbocycles. The quantitative estimate of drug-likeness (QED) is 0.829. The number of aryl methyl sites for hydroxylation is 2. The van der Waals surface area contributed by atoms with Gasteiger partial charge in [-0.05, 0) is 37.1 Å². The van der Waals surface area contributed by atoms with Crippen molar-refractivity contribution in [2.45, 2.75) is 25.3 Å². The number of benzene rings is 1. The van der Waals surface area contributed by atoms with E-state index in [4.69, 9.17) is 0 Å². The topological polar surface area (TPSA) is 101 Å². The van der Waals surface area contributed by atoms with Crippen LogP contribution in [0.2, 0.25) is 0 Å². The van der Waals surface area contributed by atoms with Gasteiger partial charge >= 0.3 is 0 Å². The molecule has 7 nitrogen and oxygen atoms in total. The van der Waals surface area contributed by atoms with E-state index in [1.807, 2.05) is 19.9 Å². The van der Waals surface area contributed by atoms with Crippen LogP contribution >= 0.6 is 0 Å². The largest absolute Gasteiger partial charge is 0.240 e. The van der Waals surface area contributed by atoms with Crippen molar-refractivity contribution in [1.82, 2.24) is 25.3 Å². The Bertz CT molecular complexity index is 616. The van der Waals surface area contributed by atoms with E-state index >= 15 is 0 Å². The third kappa shape index (κ3) is 2.90. The van der Waals surface area contributed by atoms with Crippen molar-refractivity contribution in [2.24, 2.45) is 0 Å². The fourth-order valence-electron chi connectivity index (χ4n) is 1.59. The van der Waals surface area contributed by atoms with Gasteiger partial charge in [0.1, 0.15) is 0 Å². The summed E-state index contributed by atoms with van der Waals surface area (Å²) in [6.07, 6.45) is 0. The molecule has 0 saturated carbocycles. The van der Waals surface area contributed by atoms with E-state index in [9.17, 15) is 8.42 Å². The number of aromatic nitrogens is 4. The summed E-state index contributed by atoms with van der Waals surface area (Å²) in [6, 6.07) is 5.15. The molecule has 1 heterocycles. The van der Waals surface area contributed by atoms with Crippen LogP contribution in [0.15, 0.2) is 23.1 Å². The molecule has 0 radical (unpaired) electrons. The summed E-state index contributed by atoms with van der Waals surface area (Å²) in [7, 11) is -3.55. The van der Waals surface area contributed by atoms with Gasteiger partial charge in [-0.15, -0.1) is 10.2 Å². The summed E-state index contributed by atoms with van der Waals surface area (Å²) in [5, 5.41) is 13.0. The number of rotatable bonds is 4. The van der Waals surface area contributed by atoms with Gasteiger partial charge in [-0.25, -0.2) is 13.1 Å². The highest BCUT2D eigenvalue weighted by Crippen LogP contribution is 2.14. The second-order valence-electron chi connectivity index (χ2n) is 3.98. The smallest absolute Gasteiger partial charge is 0.207 e. The molecular weight excluding hydrogens is 254 g/mol. The molecule has 0 aliphatic rings. The SMILES string of the molecule is Cc1cc(C)cc(S(=O)(=O)NCc2nn[nH]n2)c1. The lowest BCUT2D eigenvalue weighted by Crippen LogP contribution is -2.24. The minimum Gasteiger partial charge on any atom is -0.207 e. The number of hydrogen-bond acceptors (Lipinski definition) is 5. The lowest BCUT2D eigenvalue weighted by molar-refractivity contribution is 0.579. The average molecular weight is 267 g/mol. The van der Waals surface area contributed by atoms with Crippen LogP contribution in [0.4, 0.5) is 0 Å². The summed E-state index contributed by atoms with van der Waals surface area (Å²) in [5.74, 6) is 0.294. The number of tetrazole rings is 1. The number of hydrogen-bond donors (Lipinski definition) is 2. The van der Waals surface area contributed by atoms with E-state index < -0.39 is 10.0 Å². The number of sulfonamides is 1. The molecular formula is C10H13N5O2S. The molecule has 0 spiro atoms. The van der Waals surface area contributed by atoms with Crippen molar-refractivity contribution in [3.8, 4) is 0 Å². The van der Waals surface area contributed by atoms with Gasteiger partial charge in [-0.2, -0.15) is 5.21 Å². The molecule has 0 atom stereocenters. The molecule has 2 N–H and O–H groups in total. The Kier molecular flexibility index (Phi) is 3.39. The maximum Gasteiger partial charge on any atom is 0.240 e.